The van der Waals surface area contributed by atoms with Gasteiger partial charge < -0.3 is 10.8 Å². The molecule has 0 aliphatic heterocycles. The van der Waals surface area contributed by atoms with E-state index < -0.39 is 5.97 Å². The molecule has 0 aliphatic carbocycles. The molecule has 0 aliphatic rings. The molecule has 0 amide bonds. The van der Waals surface area contributed by atoms with Crippen LogP contribution in [-0.4, -0.2) is 11.1 Å². The van der Waals surface area contributed by atoms with E-state index in [1.54, 1.807) is 11.8 Å². The molecule has 3 N–H and O–H groups in total. The molecule has 0 aromatic heterocycles. The van der Waals surface area contributed by atoms with Crippen molar-refractivity contribution >= 4 is 39.3 Å². The molecule has 19 heavy (non-hydrogen) atoms. The van der Waals surface area contributed by atoms with Crippen molar-refractivity contribution in [1.29, 1.82) is 0 Å². The van der Waals surface area contributed by atoms with Gasteiger partial charge >= 0.3 is 5.97 Å². The minimum atomic E-state index is -0.817. The highest BCUT2D eigenvalue weighted by molar-refractivity contribution is 9.10. The third-order valence-corrected chi connectivity index (χ3v) is 4.17. The van der Waals surface area contributed by atoms with Crippen LogP contribution in [0.3, 0.4) is 0 Å². The summed E-state index contributed by atoms with van der Waals surface area (Å²) in [6, 6.07) is 13.3. The Balaban J connectivity index is 2.10. The fraction of sp³-hybridized carbons (Fsp3) is 0.0714. The van der Waals surface area contributed by atoms with Crippen LogP contribution in [0.5, 0.6) is 0 Å². The molecule has 2 rings (SSSR count). The lowest BCUT2D eigenvalue weighted by Crippen LogP contribution is -1.99. The number of anilines is 1. The molecule has 0 radical (unpaired) electrons. The van der Waals surface area contributed by atoms with Crippen LogP contribution in [0.2, 0.25) is 0 Å². The van der Waals surface area contributed by atoms with E-state index in [1.807, 2.05) is 42.5 Å². The zero-order valence-electron chi connectivity index (χ0n) is 9.97. The standard InChI is InChI=1S/C14H12BrNO2S/c15-12-8-11(5-6-13(12)16)19-10-3-1-9(2-4-10)7-14(17)18/h1-6,8H,7,16H2,(H,17,18). The van der Waals surface area contributed by atoms with Crippen LogP contribution in [0.25, 0.3) is 0 Å². The van der Waals surface area contributed by atoms with Gasteiger partial charge in [-0.3, -0.25) is 4.79 Å². The second-order valence-corrected chi connectivity index (χ2v) is 6.00. The summed E-state index contributed by atoms with van der Waals surface area (Å²) in [6.07, 6.45) is 0.0539. The molecule has 0 fully saturated rings. The van der Waals surface area contributed by atoms with Gasteiger partial charge in [-0.2, -0.15) is 0 Å². The summed E-state index contributed by atoms with van der Waals surface area (Å²) in [4.78, 5) is 12.7. The Labute approximate surface area is 124 Å². The number of nitrogen functional groups attached to an aromatic ring is 1. The van der Waals surface area contributed by atoms with Gasteiger partial charge in [-0.15, -0.1) is 0 Å². The van der Waals surface area contributed by atoms with E-state index in [0.717, 1.165) is 19.8 Å². The third kappa shape index (κ3) is 4.01. The summed E-state index contributed by atoms with van der Waals surface area (Å²) >= 11 is 5.00. The zero-order valence-corrected chi connectivity index (χ0v) is 12.4. The van der Waals surface area contributed by atoms with Gasteiger partial charge in [0.25, 0.3) is 0 Å². The molecule has 0 atom stereocenters. The number of carbonyl (C=O) groups is 1. The van der Waals surface area contributed by atoms with Crippen molar-refractivity contribution in [3.8, 4) is 0 Å². The molecule has 3 nitrogen and oxygen atoms in total. The van der Waals surface area contributed by atoms with Crippen LogP contribution in [0, 0.1) is 0 Å². The van der Waals surface area contributed by atoms with E-state index >= 15 is 0 Å². The van der Waals surface area contributed by atoms with Gasteiger partial charge in [-0.25, -0.2) is 0 Å². The lowest BCUT2D eigenvalue weighted by molar-refractivity contribution is -0.136. The minimum Gasteiger partial charge on any atom is -0.481 e. The first-order chi connectivity index (χ1) is 9.04. The van der Waals surface area contributed by atoms with Gasteiger partial charge in [-0.05, 0) is 51.8 Å². The smallest absolute Gasteiger partial charge is 0.307 e. The topological polar surface area (TPSA) is 63.3 Å². The van der Waals surface area contributed by atoms with Crippen LogP contribution in [0.15, 0.2) is 56.7 Å². The summed E-state index contributed by atoms with van der Waals surface area (Å²) in [5.74, 6) is -0.817. The van der Waals surface area contributed by atoms with Crippen molar-refractivity contribution < 1.29 is 9.90 Å². The van der Waals surface area contributed by atoms with Gasteiger partial charge in [0.1, 0.15) is 0 Å². The van der Waals surface area contributed by atoms with E-state index in [1.165, 1.54) is 0 Å². The van der Waals surface area contributed by atoms with Gasteiger partial charge in [-0.1, -0.05) is 23.9 Å². The monoisotopic (exact) mass is 337 g/mol. The average Bonchev–Trinajstić information content (AvgIpc) is 2.36. The number of carboxylic acids is 1. The van der Waals surface area contributed by atoms with Gasteiger partial charge in [0.2, 0.25) is 0 Å². The Hall–Kier alpha value is -1.46. The van der Waals surface area contributed by atoms with Crippen molar-refractivity contribution in [2.45, 2.75) is 16.2 Å². The summed E-state index contributed by atoms with van der Waals surface area (Å²) < 4.78 is 0.875. The number of hydrogen-bond acceptors (Lipinski definition) is 3. The van der Waals surface area contributed by atoms with Crippen molar-refractivity contribution in [1.82, 2.24) is 0 Å². The second kappa shape index (κ2) is 6.12. The van der Waals surface area contributed by atoms with E-state index in [4.69, 9.17) is 10.8 Å². The quantitative estimate of drug-likeness (QED) is 0.832. The first kappa shape index (κ1) is 14.0. The number of halogens is 1. The lowest BCUT2D eigenvalue weighted by Gasteiger charge is -2.05. The highest BCUT2D eigenvalue weighted by Gasteiger charge is 2.03. The Kier molecular flexibility index (Phi) is 4.50. The highest BCUT2D eigenvalue weighted by atomic mass is 79.9. The summed E-state index contributed by atoms with van der Waals surface area (Å²) in [5, 5.41) is 8.71. The molecule has 5 heteroatoms. The summed E-state index contributed by atoms with van der Waals surface area (Å²) in [5.41, 5.74) is 7.25. The highest BCUT2D eigenvalue weighted by Crippen LogP contribution is 2.31. The van der Waals surface area contributed by atoms with Crippen LogP contribution in [0.4, 0.5) is 5.69 Å². The van der Waals surface area contributed by atoms with E-state index in [2.05, 4.69) is 15.9 Å². The number of hydrogen-bond donors (Lipinski definition) is 2. The Morgan fingerprint density at radius 3 is 2.37 bits per heavy atom. The maximum atomic E-state index is 10.6. The van der Waals surface area contributed by atoms with Crippen molar-refractivity contribution in [2.24, 2.45) is 0 Å². The van der Waals surface area contributed by atoms with Crippen LogP contribution < -0.4 is 5.73 Å². The molecular weight excluding hydrogens is 326 g/mol. The number of nitrogens with two attached hydrogens (primary N) is 1. The predicted molar refractivity (Wildman–Crippen MR) is 80.5 cm³/mol. The molecule has 0 saturated carbocycles. The maximum Gasteiger partial charge on any atom is 0.307 e. The van der Waals surface area contributed by atoms with Crippen molar-refractivity contribution in [2.75, 3.05) is 5.73 Å². The van der Waals surface area contributed by atoms with Crippen LogP contribution in [-0.2, 0) is 11.2 Å². The predicted octanol–water partition coefficient (Wildman–Crippen LogP) is 3.81. The number of carboxylic acid groups (broad SMARTS) is 1. The Morgan fingerprint density at radius 2 is 1.79 bits per heavy atom. The Morgan fingerprint density at radius 1 is 1.16 bits per heavy atom. The normalized spacial score (nSPS) is 10.4. The Bertz CT molecular complexity index is 599. The molecule has 0 spiro atoms. The molecule has 0 bridgehead atoms. The lowest BCUT2D eigenvalue weighted by atomic mass is 10.2. The SMILES string of the molecule is Nc1ccc(Sc2ccc(CC(=O)O)cc2)cc1Br. The first-order valence-electron chi connectivity index (χ1n) is 5.58. The summed E-state index contributed by atoms with van der Waals surface area (Å²) in [6.45, 7) is 0. The molecule has 2 aromatic carbocycles. The summed E-state index contributed by atoms with van der Waals surface area (Å²) in [7, 11) is 0. The number of benzene rings is 2. The average molecular weight is 338 g/mol. The maximum absolute atomic E-state index is 10.6. The first-order valence-corrected chi connectivity index (χ1v) is 7.19. The van der Waals surface area contributed by atoms with Crippen molar-refractivity contribution in [3.63, 3.8) is 0 Å². The molecule has 0 saturated heterocycles. The molecular formula is C14H12BrNO2S. The molecule has 2 aromatic rings. The van der Waals surface area contributed by atoms with Gasteiger partial charge in [0.05, 0.1) is 6.42 Å². The molecule has 98 valence electrons. The third-order valence-electron chi connectivity index (χ3n) is 2.49. The van der Waals surface area contributed by atoms with E-state index in [9.17, 15) is 4.79 Å². The second-order valence-electron chi connectivity index (χ2n) is 4.00. The molecule has 0 heterocycles. The fourth-order valence-electron chi connectivity index (χ4n) is 1.56. The number of aliphatic carboxylic acids is 1. The zero-order chi connectivity index (χ0) is 13.8. The van der Waals surface area contributed by atoms with Crippen LogP contribution >= 0.6 is 27.7 Å². The van der Waals surface area contributed by atoms with Crippen LogP contribution in [0.1, 0.15) is 5.56 Å². The fourth-order valence-corrected chi connectivity index (χ4v) is 2.94. The number of rotatable bonds is 4. The minimum absolute atomic E-state index is 0.0539. The van der Waals surface area contributed by atoms with E-state index in [-0.39, 0.29) is 6.42 Å². The van der Waals surface area contributed by atoms with Gasteiger partial charge in [0, 0.05) is 20.0 Å². The van der Waals surface area contributed by atoms with E-state index in [0.29, 0.717) is 5.69 Å². The van der Waals surface area contributed by atoms with Gasteiger partial charge in [0.15, 0.2) is 0 Å². The largest absolute Gasteiger partial charge is 0.481 e. The molecule has 0 unspecified atom stereocenters. The van der Waals surface area contributed by atoms with Crippen molar-refractivity contribution in [3.05, 3.63) is 52.5 Å².